The molecule has 1 amide bonds. The van der Waals surface area contributed by atoms with E-state index in [1.54, 1.807) is 36.4 Å². The molecule has 0 saturated carbocycles. The fourth-order valence-corrected chi connectivity index (χ4v) is 2.18. The quantitative estimate of drug-likeness (QED) is 0.921. The Kier molecular flexibility index (Phi) is 4.31. The SMILES string of the molecule is NC(=O)C(Cc1cccc(C(F)(F)F)c1)c1ccccc1. The lowest BCUT2D eigenvalue weighted by molar-refractivity contribution is -0.137. The van der Waals surface area contributed by atoms with Crippen LogP contribution in [-0.2, 0) is 17.4 Å². The predicted molar refractivity (Wildman–Crippen MR) is 73.5 cm³/mol. The van der Waals surface area contributed by atoms with Gasteiger partial charge < -0.3 is 5.73 Å². The molecule has 0 aliphatic carbocycles. The highest BCUT2D eigenvalue weighted by molar-refractivity contribution is 5.82. The van der Waals surface area contributed by atoms with Crippen LogP contribution in [0.25, 0.3) is 0 Å². The molecule has 0 fully saturated rings. The number of primary amides is 1. The molecule has 0 aromatic heterocycles. The number of halogens is 3. The Bertz CT molecular complexity index is 623. The van der Waals surface area contributed by atoms with Crippen molar-refractivity contribution in [2.45, 2.75) is 18.5 Å². The number of carbonyl (C=O) groups is 1. The molecule has 0 spiro atoms. The summed E-state index contributed by atoms with van der Waals surface area (Å²) < 4.78 is 38.1. The third-order valence-electron chi connectivity index (χ3n) is 3.24. The molecule has 0 aliphatic heterocycles. The Morgan fingerprint density at radius 1 is 1.05 bits per heavy atom. The second-order valence-corrected chi connectivity index (χ2v) is 4.77. The first-order valence-corrected chi connectivity index (χ1v) is 6.38. The molecule has 0 heterocycles. The van der Waals surface area contributed by atoms with E-state index >= 15 is 0 Å². The molecular formula is C16H14F3NO. The van der Waals surface area contributed by atoms with Gasteiger partial charge in [-0.1, -0.05) is 48.5 Å². The average molecular weight is 293 g/mol. The van der Waals surface area contributed by atoms with E-state index < -0.39 is 23.6 Å². The van der Waals surface area contributed by atoms with Gasteiger partial charge >= 0.3 is 6.18 Å². The van der Waals surface area contributed by atoms with Crippen LogP contribution in [0, 0.1) is 0 Å². The molecule has 1 unspecified atom stereocenters. The van der Waals surface area contributed by atoms with Crippen LogP contribution in [0.4, 0.5) is 13.2 Å². The van der Waals surface area contributed by atoms with Crippen LogP contribution in [-0.4, -0.2) is 5.91 Å². The molecule has 2 nitrogen and oxygen atoms in total. The molecule has 2 aromatic carbocycles. The number of hydrogen-bond acceptors (Lipinski definition) is 1. The van der Waals surface area contributed by atoms with Crippen LogP contribution < -0.4 is 5.73 Å². The van der Waals surface area contributed by atoms with E-state index in [9.17, 15) is 18.0 Å². The Balaban J connectivity index is 2.28. The fraction of sp³-hybridized carbons (Fsp3) is 0.188. The zero-order valence-corrected chi connectivity index (χ0v) is 11.1. The van der Waals surface area contributed by atoms with Crippen molar-refractivity contribution in [2.75, 3.05) is 0 Å². The van der Waals surface area contributed by atoms with E-state index in [1.807, 2.05) is 0 Å². The molecule has 110 valence electrons. The number of amides is 1. The lowest BCUT2D eigenvalue weighted by Gasteiger charge is -2.15. The van der Waals surface area contributed by atoms with Gasteiger partial charge in [0.1, 0.15) is 0 Å². The Morgan fingerprint density at radius 3 is 2.29 bits per heavy atom. The Hall–Kier alpha value is -2.30. The largest absolute Gasteiger partial charge is 0.416 e. The average Bonchev–Trinajstić information content (AvgIpc) is 2.45. The molecule has 21 heavy (non-hydrogen) atoms. The molecule has 0 aliphatic rings. The molecule has 2 rings (SSSR count). The zero-order valence-electron chi connectivity index (χ0n) is 11.1. The topological polar surface area (TPSA) is 43.1 Å². The van der Waals surface area contributed by atoms with Crippen LogP contribution in [0.3, 0.4) is 0 Å². The highest BCUT2D eigenvalue weighted by Crippen LogP contribution is 2.30. The maximum absolute atomic E-state index is 12.7. The van der Waals surface area contributed by atoms with Gasteiger partial charge in [-0.2, -0.15) is 13.2 Å². The van der Waals surface area contributed by atoms with Crippen molar-refractivity contribution in [3.05, 3.63) is 71.3 Å². The molecular weight excluding hydrogens is 279 g/mol. The summed E-state index contributed by atoms with van der Waals surface area (Å²) in [5.41, 5.74) is 5.78. The van der Waals surface area contributed by atoms with Crippen molar-refractivity contribution >= 4 is 5.91 Å². The van der Waals surface area contributed by atoms with E-state index in [-0.39, 0.29) is 6.42 Å². The van der Waals surface area contributed by atoms with Gasteiger partial charge in [0.15, 0.2) is 0 Å². The van der Waals surface area contributed by atoms with Gasteiger partial charge in [0.2, 0.25) is 5.91 Å². The number of carbonyl (C=O) groups excluding carboxylic acids is 1. The summed E-state index contributed by atoms with van der Waals surface area (Å²) in [5.74, 6) is -1.20. The summed E-state index contributed by atoms with van der Waals surface area (Å²) in [7, 11) is 0. The van der Waals surface area contributed by atoms with E-state index in [2.05, 4.69) is 0 Å². The van der Waals surface area contributed by atoms with Crippen LogP contribution >= 0.6 is 0 Å². The monoisotopic (exact) mass is 293 g/mol. The molecule has 2 aromatic rings. The summed E-state index contributed by atoms with van der Waals surface area (Å²) >= 11 is 0. The lowest BCUT2D eigenvalue weighted by Crippen LogP contribution is -2.23. The summed E-state index contributed by atoms with van der Waals surface area (Å²) in [6.07, 6.45) is -4.26. The van der Waals surface area contributed by atoms with Crippen molar-refractivity contribution in [1.29, 1.82) is 0 Å². The number of rotatable bonds is 4. The van der Waals surface area contributed by atoms with Crippen molar-refractivity contribution in [1.82, 2.24) is 0 Å². The van der Waals surface area contributed by atoms with Crippen molar-refractivity contribution in [3.63, 3.8) is 0 Å². The van der Waals surface area contributed by atoms with Gasteiger partial charge in [-0.15, -0.1) is 0 Å². The van der Waals surface area contributed by atoms with Crippen LogP contribution in [0.15, 0.2) is 54.6 Å². The van der Waals surface area contributed by atoms with Gasteiger partial charge in [-0.05, 0) is 23.6 Å². The standard InChI is InChI=1S/C16H14F3NO/c17-16(18,19)13-8-4-5-11(9-13)10-14(15(20)21)12-6-2-1-3-7-12/h1-9,14H,10H2,(H2,20,21). The number of alkyl halides is 3. The van der Waals surface area contributed by atoms with E-state index in [1.165, 1.54) is 6.07 Å². The molecule has 0 radical (unpaired) electrons. The maximum Gasteiger partial charge on any atom is 0.416 e. The Morgan fingerprint density at radius 2 is 1.71 bits per heavy atom. The summed E-state index contributed by atoms with van der Waals surface area (Å²) in [4.78, 5) is 11.6. The van der Waals surface area contributed by atoms with Gasteiger partial charge in [-0.3, -0.25) is 4.79 Å². The van der Waals surface area contributed by atoms with Crippen molar-refractivity contribution in [2.24, 2.45) is 5.73 Å². The number of nitrogens with two attached hydrogens (primary N) is 1. The number of hydrogen-bond donors (Lipinski definition) is 1. The third kappa shape index (κ3) is 3.84. The maximum atomic E-state index is 12.7. The molecule has 2 N–H and O–H groups in total. The second kappa shape index (κ2) is 5.99. The molecule has 5 heteroatoms. The van der Waals surface area contributed by atoms with Crippen LogP contribution in [0.2, 0.25) is 0 Å². The number of benzene rings is 2. The van der Waals surface area contributed by atoms with Crippen molar-refractivity contribution in [3.8, 4) is 0 Å². The van der Waals surface area contributed by atoms with E-state index in [0.29, 0.717) is 11.1 Å². The lowest BCUT2D eigenvalue weighted by atomic mass is 9.91. The highest BCUT2D eigenvalue weighted by atomic mass is 19.4. The summed E-state index contributed by atoms with van der Waals surface area (Å²) in [6.45, 7) is 0. The summed E-state index contributed by atoms with van der Waals surface area (Å²) in [5, 5.41) is 0. The normalized spacial score (nSPS) is 12.9. The first-order valence-electron chi connectivity index (χ1n) is 6.38. The molecule has 0 saturated heterocycles. The van der Waals surface area contributed by atoms with Crippen LogP contribution in [0.5, 0.6) is 0 Å². The summed E-state index contributed by atoms with van der Waals surface area (Å²) in [6, 6.07) is 13.8. The first kappa shape index (κ1) is 15.1. The predicted octanol–water partition coefficient (Wildman–Crippen LogP) is 3.52. The van der Waals surface area contributed by atoms with E-state index in [0.717, 1.165) is 12.1 Å². The van der Waals surface area contributed by atoms with Crippen molar-refractivity contribution < 1.29 is 18.0 Å². The first-order chi connectivity index (χ1) is 9.88. The smallest absolute Gasteiger partial charge is 0.369 e. The van der Waals surface area contributed by atoms with E-state index in [4.69, 9.17) is 5.73 Å². The van der Waals surface area contributed by atoms with Gasteiger partial charge in [0.05, 0.1) is 11.5 Å². The van der Waals surface area contributed by atoms with Gasteiger partial charge in [-0.25, -0.2) is 0 Å². The second-order valence-electron chi connectivity index (χ2n) is 4.77. The Labute approximate surface area is 120 Å². The minimum atomic E-state index is -4.40. The molecule has 0 bridgehead atoms. The zero-order chi connectivity index (χ0) is 15.5. The fourth-order valence-electron chi connectivity index (χ4n) is 2.18. The van der Waals surface area contributed by atoms with Crippen LogP contribution in [0.1, 0.15) is 22.6 Å². The van der Waals surface area contributed by atoms with Gasteiger partial charge in [0.25, 0.3) is 0 Å². The van der Waals surface area contributed by atoms with Gasteiger partial charge in [0, 0.05) is 0 Å². The minimum Gasteiger partial charge on any atom is -0.369 e. The molecule has 1 atom stereocenters. The highest BCUT2D eigenvalue weighted by Gasteiger charge is 2.30. The third-order valence-corrected chi connectivity index (χ3v) is 3.24. The minimum absolute atomic E-state index is 0.142.